The van der Waals surface area contributed by atoms with E-state index in [1.807, 2.05) is 26.2 Å². The van der Waals surface area contributed by atoms with Crippen molar-refractivity contribution in [2.75, 3.05) is 190 Å². The van der Waals surface area contributed by atoms with Gasteiger partial charge in [-0.1, -0.05) is 44.2 Å². The van der Waals surface area contributed by atoms with E-state index in [1.54, 1.807) is 36.0 Å². The van der Waals surface area contributed by atoms with E-state index in [-0.39, 0.29) is 56.6 Å². The summed E-state index contributed by atoms with van der Waals surface area (Å²) < 4.78 is 65.9. The van der Waals surface area contributed by atoms with E-state index in [2.05, 4.69) is 26.6 Å². The molecule has 508 valence electrons. The molecule has 4 atom stereocenters. The zero-order chi connectivity index (χ0) is 64.8. The smallest absolute Gasteiger partial charge is 0.326 e. The van der Waals surface area contributed by atoms with Crippen LogP contribution in [0.15, 0.2) is 42.5 Å². The number of thioether (sulfide) groups is 1. The maximum absolute atomic E-state index is 13.7. The number of benzene rings is 1. The number of hydrogen-bond acceptors (Lipinski definition) is 22. The summed E-state index contributed by atoms with van der Waals surface area (Å²) in [5, 5.41) is 23.6. The molecule has 0 radical (unpaired) electrons. The lowest BCUT2D eigenvalue weighted by Gasteiger charge is -2.26. The van der Waals surface area contributed by atoms with Crippen LogP contribution in [0.4, 0.5) is 0 Å². The molecule has 28 nitrogen and oxygen atoms in total. The average Bonchev–Trinajstić information content (AvgIpc) is 4.05. The number of hydrogen-bond donors (Lipinski definition) is 7. The lowest BCUT2D eigenvalue weighted by Crippen LogP contribution is -2.57. The molecule has 1 aliphatic rings. The summed E-state index contributed by atoms with van der Waals surface area (Å²) in [6.07, 6.45) is 6.21. The van der Waals surface area contributed by atoms with Crippen LogP contribution in [0.1, 0.15) is 64.4 Å². The molecule has 1 heterocycles. The Morgan fingerprint density at radius 2 is 0.888 bits per heavy atom. The molecule has 89 heavy (non-hydrogen) atoms. The molecule has 7 amide bonds. The number of rotatable bonds is 61. The van der Waals surface area contributed by atoms with Gasteiger partial charge >= 0.3 is 5.97 Å². The Bertz CT molecular complexity index is 2090. The van der Waals surface area contributed by atoms with Gasteiger partial charge in [0.2, 0.25) is 29.5 Å². The summed E-state index contributed by atoms with van der Waals surface area (Å²) in [5.74, 6) is -3.56. The van der Waals surface area contributed by atoms with Gasteiger partial charge in [0.05, 0.1) is 165 Å². The fraction of sp³-hybridized carbons (Fsp3) is 0.733. The first-order valence-electron chi connectivity index (χ1n) is 30.6. The third-order valence-electron chi connectivity index (χ3n) is 12.7. The van der Waals surface area contributed by atoms with Crippen LogP contribution in [0, 0.1) is 5.92 Å². The highest BCUT2D eigenvalue weighted by molar-refractivity contribution is 7.98. The van der Waals surface area contributed by atoms with Crippen molar-refractivity contribution in [1.29, 1.82) is 0 Å². The highest BCUT2D eigenvalue weighted by Crippen LogP contribution is 2.11. The standard InChI is InChI=1S/C60H101N7O21S/c1-47(2)45-51(65-57(72)49(61)16-44-89-3)58(73)66-52(46-48-9-5-4-6-10-48)59(74)64-50(60(75)76)11-7-8-17-62-54(69)15-20-77-22-24-79-26-28-81-30-32-83-34-36-85-38-40-87-42-43-88-41-39-86-37-35-84-33-31-82-29-27-80-25-23-78-21-18-63-53(68)14-19-67-55(70)12-13-56(67)71/h4-6,9-10,12-13,47,49-52H,7-8,11,14-46,61H2,1-3H3,(H,62,69)(H,63,68)(H,64,74)(H,65,72)(H,66,73)(H,75,76)/t49-,50-,51-,52-/m0/s1. The number of amides is 7. The summed E-state index contributed by atoms with van der Waals surface area (Å²) in [5.41, 5.74) is 6.81. The van der Waals surface area contributed by atoms with Crippen molar-refractivity contribution in [1.82, 2.24) is 31.5 Å². The summed E-state index contributed by atoms with van der Waals surface area (Å²) in [7, 11) is 0. The van der Waals surface area contributed by atoms with Gasteiger partial charge < -0.3 is 94.3 Å². The Labute approximate surface area is 528 Å². The van der Waals surface area contributed by atoms with E-state index in [1.165, 1.54) is 12.2 Å². The van der Waals surface area contributed by atoms with Gasteiger partial charge in [-0.3, -0.25) is 38.5 Å². The molecule has 0 unspecified atom stereocenters. The number of carbonyl (C=O) groups is 8. The minimum Gasteiger partial charge on any atom is -0.480 e. The summed E-state index contributed by atoms with van der Waals surface area (Å²) in [6.45, 7) is 14.0. The number of carboxylic acids is 1. The first-order valence-corrected chi connectivity index (χ1v) is 32.0. The zero-order valence-electron chi connectivity index (χ0n) is 52.4. The molecule has 1 aromatic carbocycles. The predicted octanol–water partition coefficient (Wildman–Crippen LogP) is 0.202. The molecule has 1 aromatic rings. The number of aliphatic carboxylic acids is 1. The van der Waals surface area contributed by atoms with E-state index < -0.39 is 59.7 Å². The van der Waals surface area contributed by atoms with Gasteiger partial charge in [-0.05, 0) is 55.6 Å². The number of carbonyl (C=O) groups excluding carboxylic acids is 7. The van der Waals surface area contributed by atoms with Crippen LogP contribution < -0.4 is 32.3 Å². The van der Waals surface area contributed by atoms with Gasteiger partial charge in [0.1, 0.15) is 18.1 Å². The first-order chi connectivity index (χ1) is 43.2. The maximum atomic E-state index is 13.7. The second-order valence-electron chi connectivity index (χ2n) is 20.4. The van der Waals surface area contributed by atoms with Gasteiger partial charge in [0, 0.05) is 51.0 Å². The van der Waals surface area contributed by atoms with Crippen molar-refractivity contribution in [3.05, 3.63) is 48.0 Å². The number of nitrogens with one attached hydrogen (secondary N) is 5. The van der Waals surface area contributed by atoms with Gasteiger partial charge in [0.15, 0.2) is 0 Å². The maximum Gasteiger partial charge on any atom is 0.326 e. The van der Waals surface area contributed by atoms with Crippen LogP contribution in [0.2, 0.25) is 0 Å². The quantitative estimate of drug-likeness (QED) is 0.0338. The van der Waals surface area contributed by atoms with Crippen LogP contribution in [0.3, 0.4) is 0 Å². The van der Waals surface area contributed by atoms with E-state index in [9.17, 15) is 43.5 Å². The molecule has 8 N–H and O–H groups in total. The van der Waals surface area contributed by atoms with Crippen molar-refractivity contribution >= 4 is 59.1 Å². The molecule has 0 bridgehead atoms. The molecule has 0 saturated heterocycles. The average molecular weight is 1290 g/mol. The second kappa shape index (κ2) is 54.5. The van der Waals surface area contributed by atoms with Gasteiger partial charge in [-0.15, -0.1) is 0 Å². The van der Waals surface area contributed by atoms with Crippen molar-refractivity contribution < 1.29 is 100 Å². The number of nitrogens with two attached hydrogens (primary N) is 1. The molecule has 0 fully saturated rings. The first kappa shape index (κ1) is 79.8. The summed E-state index contributed by atoms with van der Waals surface area (Å²) in [4.78, 5) is 101. The second-order valence-corrected chi connectivity index (χ2v) is 21.4. The fourth-order valence-electron chi connectivity index (χ4n) is 7.91. The van der Waals surface area contributed by atoms with Crippen molar-refractivity contribution in [3.63, 3.8) is 0 Å². The molecule has 2 rings (SSSR count). The Balaban J connectivity index is 1.33. The lowest BCUT2D eigenvalue weighted by molar-refractivity contribution is -0.142. The number of nitrogens with zero attached hydrogens (tertiary/aromatic N) is 1. The Morgan fingerprint density at radius 3 is 1.33 bits per heavy atom. The fourth-order valence-corrected chi connectivity index (χ4v) is 8.40. The molecule has 0 saturated carbocycles. The Morgan fingerprint density at radius 1 is 0.494 bits per heavy atom. The molecule has 0 aliphatic carbocycles. The van der Waals surface area contributed by atoms with Crippen molar-refractivity contribution in [3.8, 4) is 0 Å². The highest BCUT2D eigenvalue weighted by Gasteiger charge is 2.31. The van der Waals surface area contributed by atoms with Gasteiger partial charge in [0.25, 0.3) is 11.8 Å². The van der Waals surface area contributed by atoms with E-state index in [4.69, 9.17) is 62.6 Å². The number of ether oxygens (including phenoxy) is 12. The zero-order valence-corrected chi connectivity index (χ0v) is 53.2. The van der Waals surface area contributed by atoms with Crippen molar-refractivity contribution in [2.24, 2.45) is 11.7 Å². The lowest BCUT2D eigenvalue weighted by atomic mass is 10.00. The SMILES string of the molecule is CSCC[C@H](N)C(=O)N[C@@H](CC(C)C)C(=O)N[C@@H](Cc1ccccc1)C(=O)N[C@@H](CCCCNC(=O)CCOCCOCCOCCOCCOCCOCCOCCOCCOCCOCCOCCOCCNC(=O)CCN1C(=O)C=CC1=O)C(=O)O. The molecule has 0 spiro atoms. The normalized spacial score (nSPS) is 13.6. The Kier molecular flexibility index (Phi) is 48.9. The largest absolute Gasteiger partial charge is 0.480 e. The third kappa shape index (κ3) is 44.0. The topological polar surface area (TPSA) is 357 Å². The summed E-state index contributed by atoms with van der Waals surface area (Å²) >= 11 is 1.56. The molecular weight excluding hydrogens is 1190 g/mol. The van der Waals surface area contributed by atoms with Gasteiger partial charge in [-0.2, -0.15) is 11.8 Å². The molecule has 0 aromatic heterocycles. The number of carboxylic acid groups (broad SMARTS) is 1. The van der Waals surface area contributed by atoms with E-state index >= 15 is 0 Å². The molecule has 29 heteroatoms. The summed E-state index contributed by atoms with van der Waals surface area (Å²) in [6, 6.07) is 4.86. The van der Waals surface area contributed by atoms with Gasteiger partial charge in [-0.25, -0.2) is 4.79 Å². The third-order valence-corrected chi connectivity index (χ3v) is 13.3. The number of unbranched alkanes of at least 4 members (excludes halogenated alkanes) is 1. The van der Waals surface area contributed by atoms with Crippen LogP contribution in [0.5, 0.6) is 0 Å². The minimum absolute atomic E-state index is 0.0247. The molecule has 1 aliphatic heterocycles. The predicted molar refractivity (Wildman–Crippen MR) is 329 cm³/mol. The minimum atomic E-state index is -1.25. The molecular formula is C60H101N7O21S. The van der Waals surface area contributed by atoms with Crippen LogP contribution in [-0.2, 0) is 102 Å². The number of imide groups is 1. The van der Waals surface area contributed by atoms with E-state index in [0.29, 0.717) is 196 Å². The van der Waals surface area contributed by atoms with Crippen LogP contribution >= 0.6 is 11.8 Å². The monoisotopic (exact) mass is 1290 g/mol. The van der Waals surface area contributed by atoms with Crippen molar-refractivity contribution in [2.45, 2.75) is 89.4 Å². The highest BCUT2D eigenvalue weighted by atomic mass is 32.2. The van der Waals surface area contributed by atoms with Crippen LogP contribution in [-0.4, -0.2) is 272 Å². The van der Waals surface area contributed by atoms with Crippen LogP contribution in [0.25, 0.3) is 0 Å². The van der Waals surface area contributed by atoms with E-state index in [0.717, 1.165) is 10.5 Å². The Hall–Kier alpha value is -5.25.